The molecular weight excluding hydrogens is 424 g/mol. The molecule has 1 saturated heterocycles. The lowest BCUT2D eigenvalue weighted by Crippen LogP contribution is -2.47. The molecule has 0 saturated carbocycles. The Hall–Kier alpha value is -2.48. The SMILES string of the molecule is CCCOc1c(Cl)cc(C(=O)N(C)CC(=O)N2CCCC(C(=O)OCC)C2)cc1OC. The Morgan fingerprint density at radius 1 is 1.26 bits per heavy atom. The van der Waals surface area contributed by atoms with E-state index in [9.17, 15) is 14.4 Å². The molecule has 0 radical (unpaired) electrons. The maximum atomic E-state index is 12.9. The first-order chi connectivity index (χ1) is 14.8. The van der Waals surface area contributed by atoms with Gasteiger partial charge in [0.15, 0.2) is 11.5 Å². The molecule has 1 heterocycles. The topological polar surface area (TPSA) is 85.4 Å². The lowest BCUT2D eigenvalue weighted by atomic mass is 9.98. The molecule has 31 heavy (non-hydrogen) atoms. The van der Waals surface area contributed by atoms with Gasteiger partial charge in [-0.1, -0.05) is 18.5 Å². The number of piperidine rings is 1. The van der Waals surface area contributed by atoms with Crippen molar-refractivity contribution >= 4 is 29.4 Å². The summed E-state index contributed by atoms with van der Waals surface area (Å²) in [6, 6.07) is 3.06. The van der Waals surface area contributed by atoms with Gasteiger partial charge >= 0.3 is 5.97 Å². The second-order valence-electron chi connectivity index (χ2n) is 7.43. The van der Waals surface area contributed by atoms with E-state index in [1.54, 1.807) is 24.9 Å². The number of benzene rings is 1. The average molecular weight is 455 g/mol. The number of methoxy groups -OCH3 is 1. The number of halogens is 1. The van der Waals surface area contributed by atoms with Gasteiger partial charge in [0.1, 0.15) is 0 Å². The highest BCUT2D eigenvalue weighted by Gasteiger charge is 2.30. The van der Waals surface area contributed by atoms with Gasteiger partial charge in [-0.05, 0) is 38.3 Å². The summed E-state index contributed by atoms with van der Waals surface area (Å²) < 4.78 is 16.0. The third-order valence-electron chi connectivity index (χ3n) is 5.04. The van der Waals surface area contributed by atoms with Gasteiger partial charge in [-0.3, -0.25) is 14.4 Å². The first kappa shape index (κ1) is 24.8. The third-order valence-corrected chi connectivity index (χ3v) is 5.32. The van der Waals surface area contributed by atoms with Crippen molar-refractivity contribution in [1.82, 2.24) is 9.80 Å². The zero-order chi connectivity index (χ0) is 23.0. The Balaban J connectivity index is 2.05. The van der Waals surface area contributed by atoms with E-state index in [4.69, 9.17) is 25.8 Å². The zero-order valence-corrected chi connectivity index (χ0v) is 19.4. The minimum absolute atomic E-state index is 0.109. The summed E-state index contributed by atoms with van der Waals surface area (Å²) in [5, 5.41) is 0.268. The molecule has 0 N–H and O–H groups in total. The number of amides is 2. The molecule has 0 spiro atoms. The van der Waals surface area contributed by atoms with Crippen LogP contribution in [0, 0.1) is 5.92 Å². The molecule has 172 valence electrons. The summed E-state index contributed by atoms with van der Waals surface area (Å²) in [7, 11) is 3.02. The standard InChI is InChI=1S/C22H31ClN2O6/c1-5-10-31-20-17(23)11-16(12-18(20)29-4)21(27)24(3)14-19(26)25-9-7-8-15(13-25)22(28)30-6-2/h11-12,15H,5-10,13-14H2,1-4H3. The molecule has 2 amide bonds. The van der Waals surface area contributed by atoms with Crippen LogP contribution in [0.3, 0.4) is 0 Å². The Morgan fingerprint density at radius 3 is 2.65 bits per heavy atom. The minimum Gasteiger partial charge on any atom is -0.493 e. The smallest absolute Gasteiger partial charge is 0.310 e. The molecule has 1 aliphatic rings. The minimum atomic E-state index is -0.366. The van der Waals surface area contributed by atoms with E-state index < -0.39 is 0 Å². The number of carbonyl (C=O) groups is 3. The number of ether oxygens (including phenoxy) is 3. The van der Waals surface area contributed by atoms with Crippen LogP contribution >= 0.6 is 11.6 Å². The fourth-order valence-electron chi connectivity index (χ4n) is 3.44. The number of hydrogen-bond acceptors (Lipinski definition) is 6. The van der Waals surface area contributed by atoms with Gasteiger partial charge in [-0.25, -0.2) is 0 Å². The normalized spacial score (nSPS) is 15.9. The second kappa shape index (κ2) is 11.8. The van der Waals surface area contributed by atoms with Crippen molar-refractivity contribution in [2.24, 2.45) is 5.92 Å². The van der Waals surface area contributed by atoms with Gasteiger partial charge < -0.3 is 24.0 Å². The van der Waals surface area contributed by atoms with E-state index in [0.717, 1.165) is 12.8 Å². The highest BCUT2D eigenvalue weighted by Crippen LogP contribution is 2.36. The van der Waals surface area contributed by atoms with E-state index in [1.165, 1.54) is 18.1 Å². The molecule has 1 aromatic carbocycles. The molecule has 0 aliphatic carbocycles. The molecule has 1 fully saturated rings. The first-order valence-corrected chi connectivity index (χ1v) is 10.9. The fraction of sp³-hybridized carbons (Fsp3) is 0.591. The van der Waals surface area contributed by atoms with Gasteiger partial charge in [0.05, 0.1) is 37.8 Å². The van der Waals surface area contributed by atoms with Crippen molar-refractivity contribution in [2.45, 2.75) is 33.1 Å². The van der Waals surface area contributed by atoms with Crippen LogP contribution in [0.1, 0.15) is 43.5 Å². The highest BCUT2D eigenvalue weighted by molar-refractivity contribution is 6.32. The van der Waals surface area contributed by atoms with Crippen molar-refractivity contribution in [3.05, 3.63) is 22.7 Å². The van der Waals surface area contributed by atoms with Gasteiger partial charge in [0, 0.05) is 25.7 Å². The van der Waals surface area contributed by atoms with E-state index >= 15 is 0 Å². The van der Waals surface area contributed by atoms with Crippen molar-refractivity contribution in [3.63, 3.8) is 0 Å². The van der Waals surface area contributed by atoms with Gasteiger partial charge in [-0.2, -0.15) is 0 Å². The first-order valence-electron chi connectivity index (χ1n) is 10.5. The quantitative estimate of drug-likeness (QED) is 0.533. The summed E-state index contributed by atoms with van der Waals surface area (Å²) in [5.74, 6) is -0.439. The van der Waals surface area contributed by atoms with Gasteiger partial charge in [-0.15, -0.1) is 0 Å². The number of hydrogen-bond donors (Lipinski definition) is 0. The Kier molecular flexibility index (Phi) is 9.43. The molecular formula is C22H31ClN2O6. The van der Waals surface area contributed by atoms with Gasteiger partial charge in [0.2, 0.25) is 5.91 Å². The van der Waals surface area contributed by atoms with Gasteiger partial charge in [0.25, 0.3) is 5.91 Å². The second-order valence-corrected chi connectivity index (χ2v) is 7.84. The molecule has 1 atom stereocenters. The average Bonchev–Trinajstić information content (AvgIpc) is 2.77. The molecule has 0 bridgehead atoms. The third kappa shape index (κ3) is 6.50. The van der Waals surface area contributed by atoms with Crippen molar-refractivity contribution in [2.75, 3.05) is 47.0 Å². The number of rotatable bonds is 9. The van der Waals surface area contributed by atoms with Crippen LogP contribution in [0.5, 0.6) is 11.5 Å². The van der Waals surface area contributed by atoms with Crippen LogP contribution in [0.25, 0.3) is 0 Å². The Bertz CT molecular complexity index is 800. The zero-order valence-electron chi connectivity index (χ0n) is 18.6. The Labute approximate surface area is 188 Å². The number of nitrogens with zero attached hydrogens (tertiary/aromatic N) is 2. The van der Waals surface area contributed by atoms with Crippen molar-refractivity contribution in [1.29, 1.82) is 0 Å². The number of esters is 1. The maximum Gasteiger partial charge on any atom is 0.310 e. The molecule has 1 unspecified atom stereocenters. The summed E-state index contributed by atoms with van der Waals surface area (Å²) in [4.78, 5) is 40.6. The largest absolute Gasteiger partial charge is 0.493 e. The van der Waals surface area contributed by atoms with E-state index in [0.29, 0.717) is 49.8 Å². The maximum absolute atomic E-state index is 12.9. The van der Waals surface area contributed by atoms with E-state index in [2.05, 4.69) is 0 Å². The van der Waals surface area contributed by atoms with Crippen LogP contribution in [-0.4, -0.2) is 74.6 Å². The lowest BCUT2D eigenvalue weighted by Gasteiger charge is -2.32. The monoisotopic (exact) mass is 454 g/mol. The van der Waals surface area contributed by atoms with Crippen LogP contribution in [0.15, 0.2) is 12.1 Å². The lowest BCUT2D eigenvalue weighted by molar-refractivity contribution is -0.151. The van der Waals surface area contributed by atoms with E-state index in [1.807, 2.05) is 6.92 Å². The Morgan fingerprint density at radius 2 is 2.00 bits per heavy atom. The van der Waals surface area contributed by atoms with Crippen LogP contribution in [0.2, 0.25) is 5.02 Å². The number of likely N-dealkylation sites (tertiary alicyclic amines) is 1. The van der Waals surface area contributed by atoms with Crippen molar-refractivity contribution < 1.29 is 28.6 Å². The van der Waals surface area contributed by atoms with Crippen LogP contribution in [0.4, 0.5) is 0 Å². The summed E-state index contributed by atoms with van der Waals surface area (Å²) >= 11 is 6.30. The molecule has 0 aromatic heterocycles. The van der Waals surface area contributed by atoms with E-state index in [-0.39, 0.29) is 35.3 Å². The van der Waals surface area contributed by atoms with Crippen LogP contribution < -0.4 is 9.47 Å². The number of likely N-dealkylation sites (N-methyl/N-ethyl adjacent to an activating group) is 1. The molecule has 1 aromatic rings. The highest BCUT2D eigenvalue weighted by atomic mass is 35.5. The van der Waals surface area contributed by atoms with Crippen molar-refractivity contribution in [3.8, 4) is 11.5 Å². The predicted octanol–water partition coefficient (Wildman–Crippen LogP) is 3.01. The molecule has 1 aliphatic heterocycles. The fourth-order valence-corrected chi connectivity index (χ4v) is 3.70. The summed E-state index contributed by atoms with van der Waals surface area (Å²) in [6.45, 7) is 5.27. The summed E-state index contributed by atoms with van der Waals surface area (Å²) in [5.41, 5.74) is 0.295. The molecule has 2 rings (SSSR count). The molecule has 8 nitrogen and oxygen atoms in total. The summed E-state index contributed by atoms with van der Waals surface area (Å²) in [6.07, 6.45) is 2.22. The molecule has 9 heteroatoms. The number of carbonyl (C=O) groups excluding carboxylic acids is 3. The van der Waals surface area contributed by atoms with Crippen LogP contribution in [-0.2, 0) is 14.3 Å². The predicted molar refractivity (Wildman–Crippen MR) is 117 cm³/mol.